The summed E-state index contributed by atoms with van der Waals surface area (Å²) in [5, 5.41) is 3.15. The van der Waals surface area contributed by atoms with E-state index < -0.39 is 0 Å². The number of hydrogen-bond donors (Lipinski definition) is 1. The Balaban J connectivity index is 2.29. The van der Waals surface area contributed by atoms with Crippen molar-refractivity contribution in [3.8, 4) is 0 Å². The average Bonchev–Trinajstić information content (AvgIpc) is 2.87. The second kappa shape index (κ2) is 5.52. The van der Waals surface area contributed by atoms with Crippen LogP contribution in [0.3, 0.4) is 0 Å². The zero-order valence-corrected chi connectivity index (χ0v) is 9.84. The average molecular weight is 196 g/mol. The van der Waals surface area contributed by atoms with Crippen molar-refractivity contribution in [2.45, 2.75) is 32.7 Å². The van der Waals surface area contributed by atoms with Gasteiger partial charge in [-0.1, -0.05) is 6.58 Å². The van der Waals surface area contributed by atoms with E-state index in [1.54, 1.807) is 0 Å². The van der Waals surface area contributed by atoms with E-state index in [0.717, 1.165) is 19.0 Å². The summed E-state index contributed by atoms with van der Waals surface area (Å²) in [6, 6.07) is 0.643. The Morgan fingerprint density at radius 1 is 1.50 bits per heavy atom. The second-order valence-corrected chi connectivity index (χ2v) is 4.75. The van der Waals surface area contributed by atoms with Gasteiger partial charge >= 0.3 is 0 Å². The topological polar surface area (TPSA) is 15.3 Å². The Labute approximate surface area is 88.4 Å². The quantitative estimate of drug-likeness (QED) is 0.625. The molecule has 0 saturated heterocycles. The highest BCUT2D eigenvalue weighted by Gasteiger charge is 2.25. The molecule has 0 aliphatic heterocycles. The van der Waals surface area contributed by atoms with Gasteiger partial charge in [0.05, 0.1) is 0 Å². The molecule has 2 nitrogen and oxygen atoms in total. The van der Waals surface area contributed by atoms with E-state index in [4.69, 9.17) is 0 Å². The van der Waals surface area contributed by atoms with Gasteiger partial charge in [-0.25, -0.2) is 0 Å². The molecule has 0 aromatic heterocycles. The van der Waals surface area contributed by atoms with Crippen molar-refractivity contribution >= 4 is 0 Å². The Morgan fingerprint density at radius 3 is 2.57 bits per heavy atom. The van der Waals surface area contributed by atoms with Gasteiger partial charge in [-0.05, 0) is 45.2 Å². The van der Waals surface area contributed by atoms with Gasteiger partial charge < -0.3 is 5.32 Å². The summed E-state index contributed by atoms with van der Waals surface area (Å²) in [5.41, 5.74) is 1.29. The number of rotatable bonds is 7. The lowest BCUT2D eigenvalue weighted by atomic mass is 10.2. The van der Waals surface area contributed by atoms with E-state index in [9.17, 15) is 0 Å². The third-order valence-electron chi connectivity index (χ3n) is 2.77. The maximum atomic E-state index is 4.09. The molecule has 1 saturated carbocycles. The molecule has 0 unspecified atom stereocenters. The lowest BCUT2D eigenvalue weighted by Gasteiger charge is -2.27. The van der Waals surface area contributed by atoms with Gasteiger partial charge in [0.15, 0.2) is 0 Å². The molecule has 0 aromatic carbocycles. The minimum absolute atomic E-state index is 0.643. The fraction of sp³-hybridized carbons (Fsp3) is 0.833. The molecule has 1 N–H and O–H groups in total. The van der Waals surface area contributed by atoms with E-state index in [1.807, 2.05) is 7.05 Å². The van der Waals surface area contributed by atoms with Gasteiger partial charge in [0, 0.05) is 25.7 Å². The normalized spacial score (nSPS) is 16.6. The van der Waals surface area contributed by atoms with Gasteiger partial charge in [-0.3, -0.25) is 4.90 Å². The molecule has 14 heavy (non-hydrogen) atoms. The molecule has 0 radical (unpaired) electrons. The van der Waals surface area contributed by atoms with Gasteiger partial charge in [0.1, 0.15) is 0 Å². The summed E-state index contributed by atoms with van der Waals surface area (Å²) >= 11 is 0. The molecule has 1 aliphatic rings. The first-order valence-electron chi connectivity index (χ1n) is 5.68. The number of nitrogens with zero attached hydrogens (tertiary/aromatic N) is 1. The zero-order valence-electron chi connectivity index (χ0n) is 9.84. The van der Waals surface area contributed by atoms with Crippen LogP contribution in [0.15, 0.2) is 12.2 Å². The van der Waals surface area contributed by atoms with E-state index in [1.165, 1.54) is 25.0 Å². The summed E-state index contributed by atoms with van der Waals surface area (Å²) in [5.74, 6) is 0.972. The van der Waals surface area contributed by atoms with Crippen molar-refractivity contribution < 1.29 is 0 Å². The molecule has 1 fully saturated rings. The van der Waals surface area contributed by atoms with Crippen molar-refractivity contribution in [2.24, 2.45) is 5.92 Å². The third-order valence-corrected chi connectivity index (χ3v) is 2.77. The van der Waals surface area contributed by atoms with E-state index in [2.05, 4.69) is 30.6 Å². The molecule has 1 aliphatic carbocycles. The zero-order chi connectivity index (χ0) is 10.6. The van der Waals surface area contributed by atoms with Crippen molar-refractivity contribution in [3.05, 3.63) is 12.2 Å². The van der Waals surface area contributed by atoms with Gasteiger partial charge in [-0.2, -0.15) is 0 Å². The van der Waals surface area contributed by atoms with Gasteiger partial charge in [-0.15, -0.1) is 0 Å². The van der Waals surface area contributed by atoms with Crippen LogP contribution in [0.2, 0.25) is 0 Å². The Morgan fingerprint density at radius 2 is 2.14 bits per heavy atom. The number of hydrogen-bond acceptors (Lipinski definition) is 2. The summed E-state index contributed by atoms with van der Waals surface area (Å²) < 4.78 is 0. The molecular formula is C12H24N2. The maximum absolute atomic E-state index is 4.09. The third kappa shape index (κ3) is 4.25. The molecule has 2 heteroatoms. The summed E-state index contributed by atoms with van der Waals surface area (Å²) in [6.45, 7) is 11.9. The van der Waals surface area contributed by atoms with Crippen LogP contribution < -0.4 is 5.32 Å². The van der Waals surface area contributed by atoms with Crippen LogP contribution in [0.5, 0.6) is 0 Å². The molecule has 0 amide bonds. The highest BCUT2D eigenvalue weighted by molar-refractivity contribution is 5.00. The van der Waals surface area contributed by atoms with E-state index in [0.29, 0.717) is 6.04 Å². The van der Waals surface area contributed by atoms with Crippen LogP contribution in [0, 0.1) is 5.92 Å². The largest absolute Gasteiger partial charge is 0.316 e. The number of likely N-dealkylation sites (N-methyl/N-ethyl adjacent to an activating group) is 1. The smallest absolute Gasteiger partial charge is 0.0205 e. The van der Waals surface area contributed by atoms with Gasteiger partial charge in [0.2, 0.25) is 0 Å². The van der Waals surface area contributed by atoms with Crippen molar-refractivity contribution in [1.29, 1.82) is 0 Å². The monoisotopic (exact) mass is 196 g/mol. The predicted molar refractivity (Wildman–Crippen MR) is 62.5 cm³/mol. The fourth-order valence-corrected chi connectivity index (χ4v) is 1.68. The molecule has 0 aromatic rings. The van der Waals surface area contributed by atoms with Crippen molar-refractivity contribution in [3.63, 3.8) is 0 Å². The Hall–Kier alpha value is -0.340. The van der Waals surface area contributed by atoms with Crippen LogP contribution in [-0.4, -0.2) is 37.6 Å². The van der Waals surface area contributed by atoms with E-state index in [-0.39, 0.29) is 0 Å². The van der Waals surface area contributed by atoms with Crippen LogP contribution in [0.25, 0.3) is 0 Å². The maximum Gasteiger partial charge on any atom is 0.0205 e. The van der Waals surface area contributed by atoms with Crippen molar-refractivity contribution in [1.82, 2.24) is 10.2 Å². The Bertz CT molecular complexity index is 183. The first kappa shape index (κ1) is 11.7. The Kier molecular flexibility index (Phi) is 4.63. The summed E-state index contributed by atoms with van der Waals surface area (Å²) in [4.78, 5) is 2.54. The highest BCUT2D eigenvalue weighted by atomic mass is 15.2. The predicted octanol–water partition coefficient (Wildman–Crippen LogP) is 1.88. The molecule has 0 spiro atoms. The molecule has 0 atom stereocenters. The molecule has 82 valence electrons. The van der Waals surface area contributed by atoms with Gasteiger partial charge in [0.25, 0.3) is 0 Å². The van der Waals surface area contributed by atoms with Crippen LogP contribution in [0.1, 0.15) is 26.7 Å². The van der Waals surface area contributed by atoms with Crippen LogP contribution >= 0.6 is 0 Å². The first-order chi connectivity index (χ1) is 6.63. The SMILES string of the molecule is C=C(CNC)CN(CC1CC1)C(C)C. The highest BCUT2D eigenvalue weighted by Crippen LogP contribution is 2.30. The molecule has 0 bridgehead atoms. The molecule has 0 heterocycles. The fourth-order valence-electron chi connectivity index (χ4n) is 1.68. The number of nitrogens with one attached hydrogen (secondary N) is 1. The lowest BCUT2D eigenvalue weighted by molar-refractivity contribution is 0.230. The summed E-state index contributed by atoms with van der Waals surface area (Å²) in [7, 11) is 1.98. The second-order valence-electron chi connectivity index (χ2n) is 4.75. The standard InChI is InChI=1S/C12H24N2/c1-10(2)14(9-12-5-6-12)8-11(3)7-13-4/h10,12-13H,3,5-9H2,1-2,4H3. The lowest BCUT2D eigenvalue weighted by Crippen LogP contribution is -2.35. The minimum Gasteiger partial charge on any atom is -0.316 e. The van der Waals surface area contributed by atoms with E-state index >= 15 is 0 Å². The van der Waals surface area contributed by atoms with Crippen LogP contribution in [-0.2, 0) is 0 Å². The van der Waals surface area contributed by atoms with Crippen LogP contribution in [0.4, 0.5) is 0 Å². The molecular weight excluding hydrogens is 172 g/mol. The minimum atomic E-state index is 0.643. The summed E-state index contributed by atoms with van der Waals surface area (Å²) in [6.07, 6.45) is 2.86. The van der Waals surface area contributed by atoms with Crippen molar-refractivity contribution in [2.75, 3.05) is 26.7 Å². The first-order valence-corrected chi connectivity index (χ1v) is 5.68. The molecule has 1 rings (SSSR count).